The molecule has 0 spiro atoms. The maximum absolute atomic E-state index is 8.51. The second-order valence-corrected chi connectivity index (χ2v) is 5.02. The third-order valence-electron chi connectivity index (χ3n) is 2.62. The lowest BCUT2D eigenvalue weighted by atomic mass is 10.1. The van der Waals surface area contributed by atoms with Gasteiger partial charge in [-0.25, -0.2) is 9.97 Å². The average molecular weight is 332 g/mol. The molecule has 0 aliphatic carbocycles. The standard InChI is InChI=1S/C14H14BrN5/c15-12-3-1-2-11(8-12)4-6-17-13-9-14(18-7-5-16)20-10-19-13/h1-3,8-10H,4,6-7H2,(H2,17,18,19,20). The predicted octanol–water partition coefficient (Wildman–Crippen LogP) is 2.83. The Bertz CT molecular complexity index is 609. The Morgan fingerprint density at radius 2 is 1.95 bits per heavy atom. The molecular weight excluding hydrogens is 318 g/mol. The van der Waals surface area contributed by atoms with E-state index in [1.54, 1.807) is 6.07 Å². The van der Waals surface area contributed by atoms with E-state index in [2.05, 4.69) is 48.7 Å². The lowest BCUT2D eigenvalue weighted by Crippen LogP contribution is -2.08. The summed E-state index contributed by atoms with van der Waals surface area (Å²) < 4.78 is 1.08. The van der Waals surface area contributed by atoms with E-state index in [0.29, 0.717) is 5.82 Å². The number of hydrogen-bond donors (Lipinski definition) is 2. The van der Waals surface area contributed by atoms with E-state index < -0.39 is 0 Å². The van der Waals surface area contributed by atoms with Gasteiger partial charge in [-0.2, -0.15) is 5.26 Å². The minimum Gasteiger partial charge on any atom is -0.370 e. The van der Waals surface area contributed by atoms with Gasteiger partial charge >= 0.3 is 0 Å². The summed E-state index contributed by atoms with van der Waals surface area (Å²) in [6.45, 7) is 1.01. The van der Waals surface area contributed by atoms with E-state index >= 15 is 0 Å². The molecule has 0 atom stereocenters. The van der Waals surface area contributed by atoms with Crippen molar-refractivity contribution in [2.45, 2.75) is 6.42 Å². The molecule has 0 saturated heterocycles. The summed E-state index contributed by atoms with van der Waals surface area (Å²) in [6.07, 6.45) is 2.38. The zero-order valence-corrected chi connectivity index (χ0v) is 12.4. The minimum atomic E-state index is 0.231. The van der Waals surface area contributed by atoms with Gasteiger partial charge in [0.2, 0.25) is 0 Å². The highest BCUT2D eigenvalue weighted by atomic mass is 79.9. The van der Waals surface area contributed by atoms with Crippen LogP contribution in [-0.4, -0.2) is 23.1 Å². The molecule has 5 nitrogen and oxygen atoms in total. The average Bonchev–Trinajstić information content (AvgIpc) is 2.46. The normalized spacial score (nSPS) is 9.80. The highest BCUT2D eigenvalue weighted by Gasteiger charge is 1.99. The second kappa shape index (κ2) is 7.46. The summed E-state index contributed by atoms with van der Waals surface area (Å²) in [5.41, 5.74) is 1.25. The van der Waals surface area contributed by atoms with Crippen molar-refractivity contribution in [2.75, 3.05) is 23.7 Å². The van der Waals surface area contributed by atoms with Gasteiger partial charge in [-0.15, -0.1) is 0 Å². The van der Waals surface area contributed by atoms with Gasteiger partial charge in [0, 0.05) is 17.1 Å². The molecule has 0 aliphatic rings. The molecule has 0 amide bonds. The maximum atomic E-state index is 8.51. The second-order valence-electron chi connectivity index (χ2n) is 4.11. The van der Waals surface area contributed by atoms with E-state index in [0.717, 1.165) is 23.3 Å². The van der Waals surface area contributed by atoms with Crippen LogP contribution < -0.4 is 10.6 Å². The highest BCUT2D eigenvalue weighted by molar-refractivity contribution is 9.10. The van der Waals surface area contributed by atoms with E-state index in [4.69, 9.17) is 5.26 Å². The van der Waals surface area contributed by atoms with Crippen LogP contribution in [0.25, 0.3) is 0 Å². The fourth-order valence-corrected chi connectivity index (χ4v) is 2.15. The molecule has 2 rings (SSSR count). The molecule has 1 aromatic heterocycles. The SMILES string of the molecule is N#CCNc1cc(NCCc2cccc(Br)c2)ncn1. The van der Waals surface area contributed by atoms with Crippen LogP contribution in [0.15, 0.2) is 41.1 Å². The lowest BCUT2D eigenvalue weighted by Gasteiger charge is -2.07. The van der Waals surface area contributed by atoms with Crippen LogP contribution in [0.3, 0.4) is 0 Å². The molecule has 102 valence electrons. The number of benzene rings is 1. The number of halogens is 1. The first kappa shape index (κ1) is 14.3. The van der Waals surface area contributed by atoms with Crippen LogP contribution in [0.2, 0.25) is 0 Å². The Morgan fingerprint density at radius 3 is 2.70 bits per heavy atom. The Kier molecular flexibility index (Phi) is 5.33. The Hall–Kier alpha value is -2.13. The molecule has 0 fully saturated rings. The van der Waals surface area contributed by atoms with Crippen molar-refractivity contribution in [2.24, 2.45) is 0 Å². The van der Waals surface area contributed by atoms with Crippen LogP contribution in [-0.2, 0) is 6.42 Å². The van der Waals surface area contributed by atoms with Crippen LogP contribution in [0.1, 0.15) is 5.56 Å². The summed E-state index contributed by atoms with van der Waals surface area (Å²) in [4.78, 5) is 8.18. The van der Waals surface area contributed by atoms with Crippen molar-refractivity contribution in [3.05, 3.63) is 46.7 Å². The smallest absolute Gasteiger partial charge is 0.132 e. The third kappa shape index (κ3) is 4.52. The largest absolute Gasteiger partial charge is 0.370 e. The van der Waals surface area contributed by atoms with Gasteiger partial charge in [0.15, 0.2) is 0 Å². The zero-order valence-electron chi connectivity index (χ0n) is 10.8. The molecule has 1 aromatic carbocycles. The van der Waals surface area contributed by atoms with Crippen molar-refractivity contribution in [3.8, 4) is 6.07 Å². The number of rotatable bonds is 6. The summed E-state index contributed by atoms with van der Waals surface area (Å²) in [5.74, 6) is 1.39. The first-order chi connectivity index (χ1) is 9.78. The fraction of sp³-hybridized carbons (Fsp3) is 0.214. The number of nitrogens with zero attached hydrogens (tertiary/aromatic N) is 3. The molecule has 2 aromatic rings. The first-order valence-corrected chi connectivity index (χ1v) is 6.98. The molecule has 0 unspecified atom stereocenters. The molecule has 0 bridgehead atoms. The summed E-state index contributed by atoms with van der Waals surface area (Å²) >= 11 is 3.46. The van der Waals surface area contributed by atoms with Crippen molar-refractivity contribution in [1.29, 1.82) is 5.26 Å². The fourth-order valence-electron chi connectivity index (χ4n) is 1.71. The molecule has 6 heteroatoms. The van der Waals surface area contributed by atoms with E-state index in [-0.39, 0.29) is 6.54 Å². The van der Waals surface area contributed by atoms with Gasteiger partial charge in [0.25, 0.3) is 0 Å². The maximum Gasteiger partial charge on any atom is 0.132 e. The van der Waals surface area contributed by atoms with E-state index in [1.807, 2.05) is 18.2 Å². The molecule has 2 N–H and O–H groups in total. The number of anilines is 2. The zero-order chi connectivity index (χ0) is 14.2. The van der Waals surface area contributed by atoms with Crippen LogP contribution in [0.4, 0.5) is 11.6 Å². The molecule has 1 heterocycles. The number of nitriles is 1. The topological polar surface area (TPSA) is 73.6 Å². The van der Waals surface area contributed by atoms with Gasteiger partial charge < -0.3 is 10.6 Å². The van der Waals surface area contributed by atoms with Crippen molar-refractivity contribution >= 4 is 27.6 Å². The van der Waals surface area contributed by atoms with E-state index in [1.165, 1.54) is 11.9 Å². The third-order valence-corrected chi connectivity index (χ3v) is 3.12. The summed E-state index contributed by atoms with van der Waals surface area (Å²) in [7, 11) is 0. The predicted molar refractivity (Wildman–Crippen MR) is 82.5 cm³/mol. The van der Waals surface area contributed by atoms with Gasteiger partial charge in [-0.05, 0) is 24.1 Å². The lowest BCUT2D eigenvalue weighted by molar-refractivity contribution is 0.997. The van der Waals surface area contributed by atoms with Crippen molar-refractivity contribution in [1.82, 2.24) is 9.97 Å². The Labute approximate surface area is 126 Å². The first-order valence-electron chi connectivity index (χ1n) is 6.19. The van der Waals surface area contributed by atoms with Gasteiger partial charge in [-0.3, -0.25) is 0 Å². The van der Waals surface area contributed by atoms with Crippen molar-refractivity contribution in [3.63, 3.8) is 0 Å². The number of hydrogen-bond acceptors (Lipinski definition) is 5. The molecular formula is C14H14BrN5. The van der Waals surface area contributed by atoms with Gasteiger partial charge in [0.1, 0.15) is 24.5 Å². The highest BCUT2D eigenvalue weighted by Crippen LogP contribution is 2.13. The quantitative estimate of drug-likeness (QED) is 0.796. The van der Waals surface area contributed by atoms with Gasteiger partial charge in [-0.1, -0.05) is 28.1 Å². The van der Waals surface area contributed by atoms with E-state index in [9.17, 15) is 0 Å². The molecule has 20 heavy (non-hydrogen) atoms. The molecule has 0 aliphatic heterocycles. The molecule has 0 saturated carbocycles. The molecule has 0 radical (unpaired) electrons. The Morgan fingerprint density at radius 1 is 1.15 bits per heavy atom. The summed E-state index contributed by atoms with van der Waals surface area (Å²) in [6, 6.07) is 12.0. The van der Waals surface area contributed by atoms with Crippen LogP contribution in [0.5, 0.6) is 0 Å². The number of aromatic nitrogens is 2. The van der Waals surface area contributed by atoms with Crippen molar-refractivity contribution < 1.29 is 0 Å². The Balaban J connectivity index is 1.86. The van der Waals surface area contributed by atoms with Crippen LogP contribution in [0, 0.1) is 11.3 Å². The minimum absolute atomic E-state index is 0.231. The van der Waals surface area contributed by atoms with Crippen LogP contribution >= 0.6 is 15.9 Å². The summed E-state index contributed by atoms with van der Waals surface area (Å²) in [5, 5.41) is 14.6. The monoisotopic (exact) mass is 331 g/mol. The van der Waals surface area contributed by atoms with Gasteiger partial charge in [0.05, 0.1) is 6.07 Å². The number of nitrogens with one attached hydrogen (secondary N) is 2.